The minimum Gasteiger partial charge on any atom is -0.493 e. The van der Waals surface area contributed by atoms with Crippen LogP contribution in [0.4, 0.5) is 0 Å². The molecule has 0 atom stereocenters. The topological polar surface area (TPSA) is 76.7 Å². The van der Waals surface area contributed by atoms with Crippen molar-refractivity contribution in [3.05, 3.63) is 65.2 Å². The van der Waals surface area contributed by atoms with Gasteiger partial charge in [0.15, 0.2) is 11.5 Å². The van der Waals surface area contributed by atoms with E-state index in [0.29, 0.717) is 23.6 Å². The van der Waals surface area contributed by atoms with Gasteiger partial charge in [-0.05, 0) is 41.5 Å². The van der Waals surface area contributed by atoms with Crippen molar-refractivity contribution in [1.82, 2.24) is 10.6 Å². The van der Waals surface area contributed by atoms with Gasteiger partial charge in [0, 0.05) is 25.2 Å². The Bertz CT molecular complexity index is 798. The molecule has 0 aliphatic carbocycles. The maximum atomic E-state index is 12.0. The molecule has 2 aromatic rings. The normalized spacial score (nSPS) is 10.4. The Kier molecular flexibility index (Phi) is 6.79. The van der Waals surface area contributed by atoms with Gasteiger partial charge in [0.1, 0.15) is 0 Å². The molecule has 26 heavy (non-hydrogen) atoms. The van der Waals surface area contributed by atoms with E-state index in [1.807, 2.05) is 12.1 Å². The number of hydrogen-bond acceptors (Lipinski definition) is 4. The summed E-state index contributed by atoms with van der Waals surface area (Å²) in [5.74, 6) is 0.900. The molecule has 2 N–H and O–H groups in total. The van der Waals surface area contributed by atoms with E-state index < -0.39 is 0 Å². The molecular formula is C20H22N2O4. The first-order valence-corrected chi connectivity index (χ1v) is 8.06. The third kappa shape index (κ3) is 5.11. The zero-order valence-electron chi connectivity index (χ0n) is 15.0. The first-order chi connectivity index (χ1) is 12.6. The number of nitrogens with one attached hydrogen (secondary N) is 2. The second-order valence-electron chi connectivity index (χ2n) is 5.44. The van der Waals surface area contributed by atoms with Crippen LogP contribution < -0.4 is 20.1 Å². The lowest BCUT2D eigenvalue weighted by Crippen LogP contribution is -2.20. The van der Waals surface area contributed by atoms with Gasteiger partial charge in [-0.2, -0.15) is 0 Å². The number of benzene rings is 2. The molecule has 0 spiro atoms. The molecule has 6 nitrogen and oxygen atoms in total. The highest BCUT2D eigenvalue weighted by Gasteiger charge is 2.05. The molecule has 0 heterocycles. The van der Waals surface area contributed by atoms with E-state index in [1.165, 1.54) is 6.08 Å². The number of amides is 2. The Morgan fingerprint density at radius 3 is 2.31 bits per heavy atom. The molecule has 0 aliphatic rings. The highest BCUT2D eigenvalue weighted by molar-refractivity contribution is 5.94. The maximum absolute atomic E-state index is 12.0. The Morgan fingerprint density at radius 1 is 1.00 bits per heavy atom. The summed E-state index contributed by atoms with van der Waals surface area (Å²) < 4.78 is 10.4. The average Bonchev–Trinajstić information content (AvgIpc) is 2.70. The molecule has 0 saturated carbocycles. The Morgan fingerprint density at radius 2 is 1.69 bits per heavy atom. The molecule has 0 fully saturated rings. The fraction of sp³-hybridized carbons (Fsp3) is 0.200. The van der Waals surface area contributed by atoms with Crippen LogP contribution in [-0.4, -0.2) is 33.1 Å². The van der Waals surface area contributed by atoms with Crippen molar-refractivity contribution in [1.29, 1.82) is 0 Å². The fourth-order valence-electron chi connectivity index (χ4n) is 2.30. The van der Waals surface area contributed by atoms with Crippen LogP contribution in [0.25, 0.3) is 6.08 Å². The van der Waals surface area contributed by atoms with Gasteiger partial charge >= 0.3 is 0 Å². The Hall–Kier alpha value is -3.28. The molecule has 0 bridgehead atoms. The summed E-state index contributed by atoms with van der Waals surface area (Å²) in [6.07, 6.45) is 3.15. The molecule has 136 valence electrons. The number of carbonyl (C=O) groups is 2. The van der Waals surface area contributed by atoms with Crippen LogP contribution in [0, 0.1) is 0 Å². The summed E-state index contributed by atoms with van der Waals surface area (Å²) in [5.41, 5.74) is 2.31. The molecule has 0 aliphatic heterocycles. The van der Waals surface area contributed by atoms with Gasteiger partial charge in [0.25, 0.3) is 5.91 Å². The summed E-state index contributed by atoms with van der Waals surface area (Å²) in [6.45, 7) is 0.374. The second-order valence-corrected chi connectivity index (χ2v) is 5.44. The van der Waals surface area contributed by atoms with Crippen LogP contribution >= 0.6 is 0 Å². The molecule has 2 aromatic carbocycles. The summed E-state index contributed by atoms with van der Waals surface area (Å²) in [4.78, 5) is 23.5. The summed E-state index contributed by atoms with van der Waals surface area (Å²) in [5, 5.41) is 5.37. The van der Waals surface area contributed by atoms with Gasteiger partial charge in [-0.3, -0.25) is 9.59 Å². The van der Waals surface area contributed by atoms with Crippen molar-refractivity contribution in [3.8, 4) is 11.5 Å². The van der Waals surface area contributed by atoms with Crippen LogP contribution in [0.1, 0.15) is 21.5 Å². The van der Waals surface area contributed by atoms with Crippen LogP contribution in [0.2, 0.25) is 0 Å². The zero-order chi connectivity index (χ0) is 18.9. The van der Waals surface area contributed by atoms with Crippen LogP contribution in [0.5, 0.6) is 11.5 Å². The number of rotatable bonds is 7. The Balaban J connectivity index is 1.92. The van der Waals surface area contributed by atoms with Crippen molar-refractivity contribution in [2.45, 2.75) is 6.54 Å². The standard InChI is InChI=1S/C20H22N2O4/c1-21-20(24)16-8-4-14(5-9-16)7-11-19(23)22-13-15-6-10-17(25-2)18(12-15)26-3/h4-12H,13H2,1-3H3,(H,21,24)(H,22,23)/b11-7+. The lowest BCUT2D eigenvalue weighted by atomic mass is 10.1. The van der Waals surface area contributed by atoms with Gasteiger partial charge in [0.05, 0.1) is 14.2 Å². The molecule has 2 amide bonds. The minimum absolute atomic E-state index is 0.145. The van der Waals surface area contributed by atoms with Gasteiger partial charge in [-0.25, -0.2) is 0 Å². The van der Waals surface area contributed by atoms with Crippen molar-refractivity contribution in [3.63, 3.8) is 0 Å². The highest BCUT2D eigenvalue weighted by atomic mass is 16.5. The maximum Gasteiger partial charge on any atom is 0.251 e. The molecule has 0 aromatic heterocycles. The third-order valence-corrected chi connectivity index (χ3v) is 3.74. The number of hydrogen-bond donors (Lipinski definition) is 2. The smallest absolute Gasteiger partial charge is 0.251 e. The molecule has 0 radical (unpaired) electrons. The lowest BCUT2D eigenvalue weighted by Gasteiger charge is -2.09. The summed E-state index contributed by atoms with van der Waals surface area (Å²) in [7, 11) is 4.72. The first-order valence-electron chi connectivity index (χ1n) is 8.06. The quantitative estimate of drug-likeness (QED) is 0.749. The van der Waals surface area contributed by atoms with Crippen molar-refractivity contribution < 1.29 is 19.1 Å². The van der Waals surface area contributed by atoms with E-state index in [2.05, 4.69) is 10.6 Å². The first kappa shape index (κ1) is 19.1. The van der Waals surface area contributed by atoms with E-state index in [-0.39, 0.29) is 11.8 Å². The van der Waals surface area contributed by atoms with Crippen molar-refractivity contribution in [2.24, 2.45) is 0 Å². The van der Waals surface area contributed by atoms with E-state index >= 15 is 0 Å². The SMILES string of the molecule is CNC(=O)c1ccc(/C=C/C(=O)NCc2ccc(OC)c(OC)c2)cc1. The van der Waals surface area contributed by atoms with Crippen LogP contribution in [0.15, 0.2) is 48.5 Å². The second kappa shape index (κ2) is 9.27. The van der Waals surface area contributed by atoms with Gasteiger partial charge < -0.3 is 20.1 Å². The predicted octanol–water partition coefficient (Wildman–Crippen LogP) is 2.39. The summed E-state index contributed by atoms with van der Waals surface area (Å²) >= 11 is 0. The number of carbonyl (C=O) groups excluding carboxylic acids is 2. The minimum atomic E-state index is -0.213. The zero-order valence-corrected chi connectivity index (χ0v) is 15.0. The molecule has 2 rings (SSSR count). The summed E-state index contributed by atoms with van der Waals surface area (Å²) in [6, 6.07) is 12.5. The number of methoxy groups -OCH3 is 2. The molecular weight excluding hydrogens is 332 g/mol. The van der Waals surface area contributed by atoms with Gasteiger partial charge in [0.2, 0.25) is 5.91 Å². The van der Waals surface area contributed by atoms with Gasteiger partial charge in [-0.1, -0.05) is 18.2 Å². The molecule has 6 heteroatoms. The van der Waals surface area contributed by atoms with Crippen LogP contribution in [0.3, 0.4) is 0 Å². The highest BCUT2D eigenvalue weighted by Crippen LogP contribution is 2.27. The Labute approximate surface area is 152 Å². The van der Waals surface area contributed by atoms with Crippen molar-refractivity contribution >= 4 is 17.9 Å². The predicted molar refractivity (Wildman–Crippen MR) is 100 cm³/mol. The fourth-order valence-corrected chi connectivity index (χ4v) is 2.30. The van der Waals surface area contributed by atoms with E-state index in [1.54, 1.807) is 57.7 Å². The van der Waals surface area contributed by atoms with Crippen molar-refractivity contribution in [2.75, 3.05) is 21.3 Å². The van der Waals surface area contributed by atoms with E-state index in [0.717, 1.165) is 11.1 Å². The van der Waals surface area contributed by atoms with E-state index in [4.69, 9.17) is 9.47 Å². The third-order valence-electron chi connectivity index (χ3n) is 3.74. The van der Waals surface area contributed by atoms with E-state index in [9.17, 15) is 9.59 Å². The molecule has 0 saturated heterocycles. The van der Waals surface area contributed by atoms with Crippen LogP contribution in [-0.2, 0) is 11.3 Å². The molecule has 0 unspecified atom stereocenters. The van der Waals surface area contributed by atoms with Gasteiger partial charge in [-0.15, -0.1) is 0 Å². The largest absolute Gasteiger partial charge is 0.493 e. The number of ether oxygens (including phenoxy) is 2. The monoisotopic (exact) mass is 354 g/mol. The average molecular weight is 354 g/mol. The lowest BCUT2D eigenvalue weighted by molar-refractivity contribution is -0.116.